The summed E-state index contributed by atoms with van der Waals surface area (Å²) in [4.78, 5) is 28.5. The first kappa shape index (κ1) is 30.5. The molecule has 1 aliphatic heterocycles. The van der Waals surface area contributed by atoms with Gasteiger partial charge < -0.3 is 30.4 Å². The molecule has 1 saturated carbocycles. The maximum Gasteiger partial charge on any atom is 0.248 e. The standard InChI is InChI=1S/C29H46N6O5S/c1-31-27(37)23(36)18-20-2-7-24-25(20)26-28(32-19-33-29(26)41-24)40-22-5-3-21(4-6-22)35-11-9-34(10-12-35)13-15-39-17-16-38-14-8-30/h19-23,36H,2-18,30H2,1H3,(H,31,37)/t20-,21?,22?,23-/m1/s1. The predicted octanol–water partition coefficient (Wildman–Crippen LogP) is 1.52. The van der Waals surface area contributed by atoms with E-state index in [1.54, 1.807) is 24.7 Å². The van der Waals surface area contributed by atoms with Crippen LogP contribution in [0.5, 0.6) is 5.88 Å². The van der Waals surface area contributed by atoms with E-state index >= 15 is 0 Å². The Morgan fingerprint density at radius 1 is 1.10 bits per heavy atom. The summed E-state index contributed by atoms with van der Waals surface area (Å²) in [6.07, 6.45) is 7.29. The summed E-state index contributed by atoms with van der Waals surface area (Å²) >= 11 is 1.70. The zero-order valence-corrected chi connectivity index (χ0v) is 25.1. The van der Waals surface area contributed by atoms with Crippen molar-refractivity contribution in [3.05, 3.63) is 16.8 Å². The summed E-state index contributed by atoms with van der Waals surface area (Å²) < 4.78 is 17.6. The second-order valence-electron chi connectivity index (χ2n) is 11.3. The third-order valence-corrected chi connectivity index (χ3v) is 9.96. The van der Waals surface area contributed by atoms with Crippen molar-refractivity contribution in [2.75, 3.05) is 72.7 Å². The van der Waals surface area contributed by atoms with Gasteiger partial charge in [0.25, 0.3) is 0 Å². The highest BCUT2D eigenvalue weighted by molar-refractivity contribution is 7.19. The lowest BCUT2D eigenvalue weighted by Crippen LogP contribution is -2.52. The van der Waals surface area contributed by atoms with Crippen molar-refractivity contribution in [2.24, 2.45) is 5.73 Å². The van der Waals surface area contributed by atoms with Crippen LogP contribution in [0.25, 0.3) is 10.2 Å². The fourth-order valence-corrected chi connectivity index (χ4v) is 7.78. The summed E-state index contributed by atoms with van der Waals surface area (Å²) in [5.74, 6) is 0.438. The van der Waals surface area contributed by atoms with Gasteiger partial charge in [0.05, 0.1) is 31.8 Å². The minimum absolute atomic E-state index is 0.107. The van der Waals surface area contributed by atoms with Crippen LogP contribution in [0.1, 0.15) is 54.9 Å². The SMILES string of the molecule is CNC(=O)[C@H](O)C[C@H]1CCc2sc3ncnc(OC4CCC(N5CCN(CCOCCOCCN)CC5)CC4)c3c21. The summed E-state index contributed by atoms with van der Waals surface area (Å²) in [6.45, 7) is 8.47. The number of aryl methyl sites for hydroxylation is 1. The first-order chi connectivity index (χ1) is 20.1. The topological polar surface area (TPSA) is 135 Å². The second kappa shape index (κ2) is 15.0. The zero-order valence-electron chi connectivity index (χ0n) is 24.3. The van der Waals surface area contributed by atoms with Crippen LogP contribution in [-0.4, -0.2) is 122 Å². The molecule has 4 N–H and O–H groups in total. The molecule has 1 amide bonds. The molecule has 12 heteroatoms. The highest BCUT2D eigenvalue weighted by atomic mass is 32.1. The van der Waals surface area contributed by atoms with Crippen molar-refractivity contribution >= 4 is 27.5 Å². The number of fused-ring (bicyclic) bond motifs is 3. The molecule has 0 radical (unpaired) electrons. The predicted molar refractivity (Wildman–Crippen MR) is 159 cm³/mol. The van der Waals surface area contributed by atoms with E-state index in [9.17, 15) is 9.90 Å². The van der Waals surface area contributed by atoms with Crippen LogP contribution in [0, 0.1) is 0 Å². The Hall–Kier alpha value is -1.93. The molecule has 11 nitrogen and oxygen atoms in total. The fraction of sp³-hybridized carbons (Fsp3) is 0.759. The number of piperazine rings is 1. The van der Waals surface area contributed by atoms with E-state index in [1.165, 1.54) is 10.4 Å². The summed E-state index contributed by atoms with van der Waals surface area (Å²) in [5, 5.41) is 13.9. The number of hydrogen-bond acceptors (Lipinski definition) is 11. The molecule has 0 bridgehead atoms. The third kappa shape index (κ3) is 7.73. The molecule has 228 valence electrons. The number of nitrogens with two attached hydrogens (primary N) is 1. The quantitative estimate of drug-likeness (QED) is 0.278. The Balaban J connectivity index is 1.09. The number of hydrogen-bond donors (Lipinski definition) is 3. The van der Waals surface area contributed by atoms with E-state index < -0.39 is 6.10 Å². The Morgan fingerprint density at radius 3 is 2.59 bits per heavy atom. The number of likely N-dealkylation sites (N-methyl/N-ethyl adjacent to an activating group) is 1. The van der Waals surface area contributed by atoms with E-state index in [4.69, 9.17) is 19.9 Å². The third-order valence-electron chi connectivity index (χ3n) is 8.78. The average Bonchev–Trinajstić information content (AvgIpc) is 3.57. The van der Waals surface area contributed by atoms with Gasteiger partial charge in [-0.3, -0.25) is 14.6 Å². The highest BCUT2D eigenvalue weighted by Crippen LogP contribution is 2.47. The molecular weight excluding hydrogens is 544 g/mol. The maximum absolute atomic E-state index is 12.0. The molecule has 3 heterocycles. The molecule has 0 unspecified atom stereocenters. The summed E-state index contributed by atoms with van der Waals surface area (Å²) in [7, 11) is 1.56. The van der Waals surface area contributed by atoms with Crippen molar-refractivity contribution in [3.63, 3.8) is 0 Å². The molecule has 1 saturated heterocycles. The van der Waals surface area contributed by atoms with Gasteiger partial charge in [0.15, 0.2) is 0 Å². The minimum Gasteiger partial charge on any atom is -0.474 e. The number of aliphatic hydroxyl groups excluding tert-OH is 1. The number of thiophene rings is 1. The molecule has 0 aromatic carbocycles. The van der Waals surface area contributed by atoms with Crippen molar-refractivity contribution in [1.29, 1.82) is 0 Å². The van der Waals surface area contributed by atoms with Gasteiger partial charge in [-0.25, -0.2) is 9.97 Å². The lowest BCUT2D eigenvalue weighted by Gasteiger charge is -2.41. The van der Waals surface area contributed by atoms with Crippen molar-refractivity contribution in [1.82, 2.24) is 25.1 Å². The van der Waals surface area contributed by atoms with E-state index in [1.807, 2.05) is 0 Å². The van der Waals surface area contributed by atoms with Crippen LogP contribution in [0.4, 0.5) is 0 Å². The van der Waals surface area contributed by atoms with Crippen molar-refractivity contribution in [3.8, 4) is 5.88 Å². The van der Waals surface area contributed by atoms with Crippen LogP contribution >= 0.6 is 11.3 Å². The van der Waals surface area contributed by atoms with Gasteiger partial charge >= 0.3 is 0 Å². The van der Waals surface area contributed by atoms with Gasteiger partial charge in [-0.05, 0) is 56.4 Å². The smallest absolute Gasteiger partial charge is 0.248 e. The molecule has 2 aromatic heterocycles. The van der Waals surface area contributed by atoms with Crippen LogP contribution in [0.2, 0.25) is 0 Å². The normalized spacial score (nSPS) is 24.4. The van der Waals surface area contributed by atoms with Crippen molar-refractivity contribution in [2.45, 2.75) is 69.1 Å². The van der Waals surface area contributed by atoms with Crippen LogP contribution in [0.3, 0.4) is 0 Å². The number of ether oxygens (including phenoxy) is 3. The number of amides is 1. The lowest BCUT2D eigenvalue weighted by molar-refractivity contribution is -0.129. The van der Waals surface area contributed by atoms with Gasteiger partial charge in [-0.1, -0.05) is 0 Å². The fourth-order valence-electron chi connectivity index (χ4n) is 6.55. The molecule has 2 fully saturated rings. The number of aliphatic hydroxyl groups is 1. The van der Waals surface area contributed by atoms with E-state index in [0.29, 0.717) is 44.7 Å². The van der Waals surface area contributed by atoms with E-state index in [0.717, 1.165) is 88.1 Å². The molecule has 0 spiro atoms. The molecular formula is C29H46N6O5S. The first-order valence-corrected chi connectivity index (χ1v) is 16.0. The number of nitrogens with zero attached hydrogens (tertiary/aromatic N) is 4. The lowest BCUT2D eigenvalue weighted by atomic mass is 9.91. The minimum atomic E-state index is -1.02. The van der Waals surface area contributed by atoms with Gasteiger partial charge in [0, 0.05) is 57.2 Å². The van der Waals surface area contributed by atoms with Crippen LogP contribution in [-0.2, 0) is 20.7 Å². The average molecular weight is 591 g/mol. The molecule has 2 aliphatic carbocycles. The molecule has 41 heavy (non-hydrogen) atoms. The Morgan fingerprint density at radius 2 is 1.85 bits per heavy atom. The Bertz CT molecular complexity index is 1120. The monoisotopic (exact) mass is 590 g/mol. The second-order valence-corrected chi connectivity index (χ2v) is 12.4. The zero-order chi connectivity index (χ0) is 28.6. The van der Waals surface area contributed by atoms with E-state index in [2.05, 4.69) is 25.1 Å². The van der Waals surface area contributed by atoms with Gasteiger partial charge in [-0.15, -0.1) is 11.3 Å². The number of carbonyl (C=O) groups excluding carboxylic acids is 1. The number of rotatable bonds is 14. The van der Waals surface area contributed by atoms with Crippen LogP contribution in [0.15, 0.2) is 6.33 Å². The van der Waals surface area contributed by atoms with Crippen LogP contribution < -0.4 is 15.8 Å². The van der Waals surface area contributed by atoms with Gasteiger partial charge in [0.1, 0.15) is 23.4 Å². The highest BCUT2D eigenvalue weighted by Gasteiger charge is 2.34. The maximum atomic E-state index is 12.0. The molecule has 3 aliphatic rings. The summed E-state index contributed by atoms with van der Waals surface area (Å²) in [5.41, 5.74) is 6.61. The summed E-state index contributed by atoms with van der Waals surface area (Å²) in [6, 6.07) is 0.610. The molecule has 5 rings (SSSR count). The van der Waals surface area contributed by atoms with E-state index in [-0.39, 0.29) is 17.9 Å². The molecule has 2 atom stereocenters. The van der Waals surface area contributed by atoms with Crippen molar-refractivity contribution < 1.29 is 24.1 Å². The Labute approximate surface area is 246 Å². The van der Waals surface area contributed by atoms with Gasteiger partial charge in [0.2, 0.25) is 11.8 Å². The Kier molecular flexibility index (Phi) is 11.2. The largest absolute Gasteiger partial charge is 0.474 e. The first-order valence-electron chi connectivity index (χ1n) is 15.2. The van der Waals surface area contributed by atoms with Gasteiger partial charge in [-0.2, -0.15) is 0 Å². The number of aromatic nitrogens is 2. The number of nitrogens with one attached hydrogen (secondary N) is 1. The number of carbonyl (C=O) groups is 1. The molecule has 2 aromatic rings.